The predicted molar refractivity (Wildman–Crippen MR) is 141 cm³/mol. The Morgan fingerprint density at radius 3 is 2.70 bits per heavy atom. The first-order chi connectivity index (χ1) is 18.0. The number of hydrogen-bond donors (Lipinski definition) is 1. The molecule has 1 atom stereocenters. The standard InChI is InChI=1S/C30H32N2O5/c1-4-35-16-14-31-28(33)23-11-9-22(10-12-23)18-32-25-8-6-5-7-24(25)30(29(32)34)19-37-27(21(30)3)17-26-20(2)13-15-36-26/h5-12,17H,2,4,13-16,18-19H2,1,3H3,(H,31,33)/b26-17+. The largest absolute Gasteiger partial charge is 0.493 e. The molecule has 2 amide bonds. The lowest BCUT2D eigenvalue weighted by Gasteiger charge is -2.24. The third-order valence-corrected chi connectivity index (χ3v) is 7.28. The number of hydrogen-bond acceptors (Lipinski definition) is 5. The van der Waals surface area contributed by atoms with Gasteiger partial charge in [0.1, 0.15) is 23.5 Å². The monoisotopic (exact) mass is 500 g/mol. The highest BCUT2D eigenvalue weighted by Gasteiger charge is 2.56. The van der Waals surface area contributed by atoms with Gasteiger partial charge in [-0.1, -0.05) is 36.9 Å². The summed E-state index contributed by atoms with van der Waals surface area (Å²) in [6, 6.07) is 15.3. The van der Waals surface area contributed by atoms with Gasteiger partial charge in [-0.2, -0.15) is 0 Å². The average Bonchev–Trinajstić information content (AvgIpc) is 3.54. The molecule has 0 aliphatic carbocycles. The van der Waals surface area contributed by atoms with Crippen LogP contribution in [0.5, 0.6) is 0 Å². The van der Waals surface area contributed by atoms with Crippen molar-refractivity contribution in [2.24, 2.45) is 0 Å². The summed E-state index contributed by atoms with van der Waals surface area (Å²) in [5.74, 6) is 1.24. The maximum atomic E-state index is 14.1. The van der Waals surface area contributed by atoms with Crippen LogP contribution < -0.4 is 10.2 Å². The molecule has 0 bridgehead atoms. The van der Waals surface area contributed by atoms with Crippen LogP contribution in [-0.4, -0.2) is 44.8 Å². The fourth-order valence-electron chi connectivity index (χ4n) is 5.15. The van der Waals surface area contributed by atoms with E-state index in [0.29, 0.717) is 44.2 Å². The smallest absolute Gasteiger partial charge is 0.251 e. The van der Waals surface area contributed by atoms with Crippen LogP contribution in [0, 0.1) is 0 Å². The van der Waals surface area contributed by atoms with Crippen LogP contribution >= 0.6 is 0 Å². The van der Waals surface area contributed by atoms with Crippen LogP contribution in [-0.2, 0) is 31.0 Å². The van der Waals surface area contributed by atoms with E-state index in [1.165, 1.54) is 0 Å². The van der Waals surface area contributed by atoms with Crippen molar-refractivity contribution >= 4 is 17.5 Å². The van der Waals surface area contributed by atoms with Gasteiger partial charge < -0.3 is 24.4 Å². The Morgan fingerprint density at radius 2 is 1.97 bits per heavy atom. The fraction of sp³-hybridized carbons (Fsp3) is 0.333. The van der Waals surface area contributed by atoms with Crippen LogP contribution in [0.1, 0.15) is 41.8 Å². The van der Waals surface area contributed by atoms with Gasteiger partial charge >= 0.3 is 0 Å². The molecule has 3 heterocycles. The Bertz CT molecular complexity index is 1290. The van der Waals surface area contributed by atoms with E-state index in [0.717, 1.165) is 40.1 Å². The summed E-state index contributed by atoms with van der Waals surface area (Å²) in [5.41, 5.74) is 4.28. The van der Waals surface area contributed by atoms with E-state index < -0.39 is 5.41 Å². The molecule has 3 aliphatic rings. The van der Waals surface area contributed by atoms with Crippen molar-refractivity contribution < 1.29 is 23.8 Å². The molecule has 3 aliphatic heterocycles. The molecule has 1 unspecified atom stereocenters. The first-order valence-electron chi connectivity index (χ1n) is 12.7. The van der Waals surface area contributed by atoms with Crippen molar-refractivity contribution in [3.63, 3.8) is 0 Å². The molecule has 0 saturated carbocycles. The van der Waals surface area contributed by atoms with Crippen molar-refractivity contribution in [1.29, 1.82) is 0 Å². The second-order valence-electron chi connectivity index (χ2n) is 9.45. The Hall–Kier alpha value is -3.84. The van der Waals surface area contributed by atoms with E-state index in [-0.39, 0.29) is 18.4 Å². The normalized spacial score (nSPS) is 21.6. The van der Waals surface area contributed by atoms with Gasteiger partial charge in [-0.3, -0.25) is 9.59 Å². The second-order valence-corrected chi connectivity index (χ2v) is 9.45. The molecule has 7 nitrogen and oxygen atoms in total. The van der Waals surface area contributed by atoms with Gasteiger partial charge in [-0.15, -0.1) is 0 Å². The Morgan fingerprint density at radius 1 is 1.19 bits per heavy atom. The Labute approximate surface area is 217 Å². The molecule has 5 rings (SSSR count). The zero-order valence-corrected chi connectivity index (χ0v) is 21.3. The van der Waals surface area contributed by atoms with Crippen LogP contribution in [0.2, 0.25) is 0 Å². The van der Waals surface area contributed by atoms with Gasteiger partial charge in [0.25, 0.3) is 5.91 Å². The van der Waals surface area contributed by atoms with Gasteiger partial charge in [0, 0.05) is 36.9 Å². The zero-order chi connectivity index (χ0) is 26.0. The number of nitrogens with zero attached hydrogens (tertiary/aromatic N) is 1. The number of nitrogens with one attached hydrogen (secondary N) is 1. The maximum absolute atomic E-state index is 14.1. The number of carbonyl (C=O) groups excluding carboxylic acids is 2. The molecule has 2 aromatic rings. The van der Waals surface area contributed by atoms with Gasteiger partial charge in [-0.25, -0.2) is 0 Å². The van der Waals surface area contributed by atoms with Gasteiger partial charge in [0.15, 0.2) is 0 Å². The number of para-hydroxylation sites is 1. The summed E-state index contributed by atoms with van der Waals surface area (Å²) < 4.78 is 17.1. The number of rotatable bonds is 8. The predicted octanol–water partition coefficient (Wildman–Crippen LogP) is 4.40. The minimum absolute atomic E-state index is 0.0106. The summed E-state index contributed by atoms with van der Waals surface area (Å²) in [4.78, 5) is 28.3. The lowest BCUT2D eigenvalue weighted by molar-refractivity contribution is -0.122. The minimum atomic E-state index is -0.872. The molecule has 2 aromatic carbocycles. The number of benzene rings is 2. The zero-order valence-electron chi connectivity index (χ0n) is 21.3. The summed E-state index contributed by atoms with van der Waals surface area (Å²) in [7, 11) is 0. The van der Waals surface area contributed by atoms with Crippen molar-refractivity contribution in [3.05, 3.63) is 101 Å². The summed E-state index contributed by atoms with van der Waals surface area (Å²) >= 11 is 0. The van der Waals surface area contributed by atoms with Gasteiger partial charge in [-0.05, 0) is 54.3 Å². The van der Waals surface area contributed by atoms with Crippen LogP contribution in [0.4, 0.5) is 5.69 Å². The highest BCUT2D eigenvalue weighted by molar-refractivity contribution is 6.10. The van der Waals surface area contributed by atoms with Crippen LogP contribution in [0.3, 0.4) is 0 Å². The SMILES string of the molecule is C=C1CCO/C1=C/C1=C(C)C2(CO1)C(=O)N(Cc1ccc(C(=O)NCCOCC)cc1)c1ccccc12. The van der Waals surface area contributed by atoms with E-state index in [2.05, 4.69) is 11.9 Å². The summed E-state index contributed by atoms with van der Waals surface area (Å²) in [5, 5.41) is 2.85. The summed E-state index contributed by atoms with van der Waals surface area (Å²) in [6.07, 6.45) is 2.67. The van der Waals surface area contributed by atoms with Crippen molar-refractivity contribution in [2.45, 2.75) is 32.2 Å². The molecular weight excluding hydrogens is 468 g/mol. The molecule has 1 spiro atoms. The highest BCUT2D eigenvalue weighted by Crippen LogP contribution is 2.51. The van der Waals surface area contributed by atoms with Crippen LogP contribution in [0.25, 0.3) is 0 Å². The van der Waals surface area contributed by atoms with E-state index in [4.69, 9.17) is 14.2 Å². The number of allylic oxidation sites excluding steroid dienone is 2. The summed E-state index contributed by atoms with van der Waals surface area (Å²) in [6.45, 7) is 10.8. The van der Waals surface area contributed by atoms with Crippen molar-refractivity contribution in [2.75, 3.05) is 37.9 Å². The van der Waals surface area contributed by atoms with E-state index in [1.807, 2.05) is 61.2 Å². The molecule has 0 radical (unpaired) electrons. The van der Waals surface area contributed by atoms with Crippen molar-refractivity contribution in [3.8, 4) is 0 Å². The van der Waals surface area contributed by atoms with E-state index in [9.17, 15) is 9.59 Å². The van der Waals surface area contributed by atoms with E-state index >= 15 is 0 Å². The molecule has 37 heavy (non-hydrogen) atoms. The van der Waals surface area contributed by atoms with Crippen LogP contribution in [0.15, 0.2) is 83.9 Å². The Balaban J connectivity index is 1.38. The van der Waals surface area contributed by atoms with Gasteiger partial charge in [0.05, 0.1) is 19.8 Å². The van der Waals surface area contributed by atoms with E-state index in [1.54, 1.807) is 12.1 Å². The molecule has 192 valence electrons. The third kappa shape index (κ3) is 4.44. The first kappa shape index (κ1) is 24.8. The average molecular weight is 501 g/mol. The molecule has 0 aromatic heterocycles. The topological polar surface area (TPSA) is 77.1 Å². The molecule has 1 N–H and O–H groups in total. The maximum Gasteiger partial charge on any atom is 0.251 e. The quantitative estimate of drug-likeness (QED) is 0.544. The van der Waals surface area contributed by atoms with Gasteiger partial charge in [0.2, 0.25) is 5.91 Å². The number of carbonyl (C=O) groups is 2. The molecule has 1 fully saturated rings. The number of fused-ring (bicyclic) bond motifs is 2. The fourth-order valence-corrected chi connectivity index (χ4v) is 5.15. The second kappa shape index (κ2) is 10.3. The lowest BCUT2D eigenvalue weighted by Crippen LogP contribution is -2.42. The molecule has 7 heteroatoms. The number of ether oxygens (including phenoxy) is 3. The van der Waals surface area contributed by atoms with Crippen molar-refractivity contribution in [1.82, 2.24) is 5.32 Å². The third-order valence-electron chi connectivity index (χ3n) is 7.28. The first-order valence-corrected chi connectivity index (χ1v) is 12.7. The lowest BCUT2D eigenvalue weighted by atomic mass is 9.77. The minimum Gasteiger partial charge on any atom is -0.493 e. The Kier molecular flexibility index (Phi) is 6.89. The number of anilines is 1. The molecular formula is C30H32N2O5. The molecule has 1 saturated heterocycles. The number of amides is 2. The highest BCUT2D eigenvalue weighted by atomic mass is 16.5.